The summed E-state index contributed by atoms with van der Waals surface area (Å²) in [6, 6.07) is 3.10. The number of pyridine rings is 1. The van der Waals surface area contributed by atoms with E-state index >= 15 is 0 Å². The molecule has 0 spiro atoms. The average molecular weight is 485 g/mol. The van der Waals surface area contributed by atoms with Crippen LogP contribution in [-0.4, -0.2) is 18.5 Å². The lowest BCUT2D eigenvalue weighted by Crippen LogP contribution is -3.00. The van der Waals surface area contributed by atoms with Gasteiger partial charge in [0.25, 0.3) is 0 Å². The van der Waals surface area contributed by atoms with Crippen LogP contribution in [-0.2, 0) is 13.0 Å². The Balaban J connectivity index is 0.00000261. The van der Waals surface area contributed by atoms with E-state index in [0.717, 1.165) is 5.92 Å². The molecule has 0 radical (unpaired) electrons. The molecule has 3 heteroatoms. The lowest BCUT2D eigenvalue weighted by Gasteiger charge is -2.30. The van der Waals surface area contributed by atoms with Crippen molar-refractivity contribution in [3.8, 4) is 0 Å². The summed E-state index contributed by atoms with van der Waals surface area (Å²) in [7, 11) is 2.32. The molecule has 27 heavy (non-hydrogen) atoms. The van der Waals surface area contributed by atoms with Gasteiger partial charge in [0.15, 0.2) is 12.4 Å². The van der Waals surface area contributed by atoms with Crippen molar-refractivity contribution in [2.45, 2.75) is 103 Å². The zero-order chi connectivity index (χ0) is 18.2. The lowest BCUT2D eigenvalue weighted by atomic mass is 9.81. The van der Waals surface area contributed by atoms with Crippen molar-refractivity contribution in [1.29, 1.82) is 0 Å². The van der Waals surface area contributed by atoms with Crippen LogP contribution in [0.25, 0.3) is 0 Å². The molecule has 0 amide bonds. The van der Waals surface area contributed by atoms with Crippen molar-refractivity contribution < 1.29 is 28.5 Å². The molecular formula is C24H41IN2. The molecule has 1 aromatic heterocycles. The molecule has 0 saturated carbocycles. The van der Waals surface area contributed by atoms with Crippen molar-refractivity contribution in [2.75, 3.05) is 13.6 Å². The van der Waals surface area contributed by atoms with Crippen molar-refractivity contribution in [3.05, 3.63) is 29.6 Å². The standard InChI is InChI=1S/C24H41N2.HI/c1-3-4-5-6-7-8-9-10-11-12-17-26-19-16-21-13-14-22-15-18-25(2)24(22)23(21)20-26;/h16,19-20,22,24H,3-15,17-18H2,1-2H3;1H/q+1;/p-1. The van der Waals surface area contributed by atoms with Crippen LogP contribution in [0.5, 0.6) is 0 Å². The lowest BCUT2D eigenvalue weighted by molar-refractivity contribution is -0.698. The Morgan fingerprint density at radius 3 is 2.33 bits per heavy atom. The van der Waals surface area contributed by atoms with E-state index in [0.29, 0.717) is 6.04 Å². The second kappa shape index (κ2) is 12.4. The molecule has 1 saturated heterocycles. The van der Waals surface area contributed by atoms with Crippen molar-refractivity contribution in [3.63, 3.8) is 0 Å². The normalized spacial score (nSPS) is 21.6. The van der Waals surface area contributed by atoms with Crippen LogP contribution in [0.3, 0.4) is 0 Å². The van der Waals surface area contributed by atoms with Crippen LogP contribution in [0.4, 0.5) is 0 Å². The summed E-state index contributed by atoms with van der Waals surface area (Å²) >= 11 is 0. The van der Waals surface area contributed by atoms with Gasteiger partial charge in [-0.2, -0.15) is 0 Å². The van der Waals surface area contributed by atoms with Crippen LogP contribution in [0.2, 0.25) is 0 Å². The molecule has 1 aliphatic heterocycles. The number of aromatic nitrogens is 1. The van der Waals surface area contributed by atoms with Gasteiger partial charge in [-0.3, -0.25) is 4.90 Å². The maximum absolute atomic E-state index is 2.59. The maximum Gasteiger partial charge on any atom is 0.173 e. The molecule has 3 rings (SSSR count). The summed E-state index contributed by atoms with van der Waals surface area (Å²) < 4.78 is 2.47. The Hall–Kier alpha value is -0.160. The van der Waals surface area contributed by atoms with Gasteiger partial charge in [-0.1, -0.05) is 58.3 Å². The Bertz CT molecular complexity index is 545. The topological polar surface area (TPSA) is 7.12 Å². The first-order valence-corrected chi connectivity index (χ1v) is 11.5. The molecule has 2 aliphatic rings. The Kier molecular flexibility index (Phi) is 10.6. The van der Waals surface area contributed by atoms with Gasteiger partial charge in [-0.05, 0) is 50.8 Å². The highest BCUT2D eigenvalue weighted by Gasteiger charge is 2.38. The van der Waals surface area contributed by atoms with E-state index in [-0.39, 0.29) is 24.0 Å². The van der Waals surface area contributed by atoms with E-state index in [2.05, 4.69) is 41.9 Å². The van der Waals surface area contributed by atoms with Gasteiger partial charge in [0.1, 0.15) is 6.54 Å². The van der Waals surface area contributed by atoms with E-state index < -0.39 is 0 Å². The number of nitrogens with zero attached hydrogens (tertiary/aromatic N) is 2. The Labute approximate surface area is 185 Å². The third-order valence-electron chi connectivity index (χ3n) is 6.79. The minimum Gasteiger partial charge on any atom is -1.00 e. The van der Waals surface area contributed by atoms with Gasteiger partial charge >= 0.3 is 0 Å². The smallest absolute Gasteiger partial charge is 0.173 e. The molecule has 1 aliphatic carbocycles. The van der Waals surface area contributed by atoms with Gasteiger partial charge in [0, 0.05) is 24.1 Å². The number of likely N-dealkylation sites (tertiary alicyclic amines) is 1. The average Bonchev–Trinajstić information content (AvgIpc) is 3.04. The van der Waals surface area contributed by atoms with E-state index in [4.69, 9.17) is 0 Å². The molecule has 0 bridgehead atoms. The van der Waals surface area contributed by atoms with Gasteiger partial charge in [0.05, 0.1) is 0 Å². The zero-order valence-corrected chi connectivity index (χ0v) is 19.9. The highest BCUT2D eigenvalue weighted by Crippen LogP contribution is 2.43. The fourth-order valence-corrected chi connectivity index (χ4v) is 5.16. The fraction of sp³-hybridized carbons (Fsp3) is 0.792. The number of aryl methyl sites for hydroxylation is 2. The van der Waals surface area contributed by atoms with Crippen molar-refractivity contribution >= 4 is 0 Å². The largest absolute Gasteiger partial charge is 1.00 e. The van der Waals surface area contributed by atoms with Crippen molar-refractivity contribution in [2.24, 2.45) is 5.92 Å². The summed E-state index contributed by atoms with van der Waals surface area (Å²) in [6.07, 6.45) is 23.1. The maximum atomic E-state index is 2.59. The molecule has 1 aromatic rings. The fourth-order valence-electron chi connectivity index (χ4n) is 5.16. The molecule has 2 heterocycles. The van der Waals surface area contributed by atoms with Crippen LogP contribution in [0.1, 0.15) is 101 Å². The number of rotatable bonds is 11. The predicted octanol–water partition coefficient (Wildman–Crippen LogP) is 2.84. The van der Waals surface area contributed by atoms with Crippen LogP contribution in [0.15, 0.2) is 18.5 Å². The summed E-state index contributed by atoms with van der Waals surface area (Å²) in [5, 5.41) is 0. The number of unbranched alkanes of at least 4 members (excludes halogenated alkanes) is 9. The van der Waals surface area contributed by atoms with Crippen LogP contribution < -0.4 is 28.5 Å². The van der Waals surface area contributed by atoms with Gasteiger partial charge in [0.2, 0.25) is 0 Å². The molecule has 0 N–H and O–H groups in total. The first kappa shape index (κ1) is 23.1. The summed E-state index contributed by atoms with van der Waals surface area (Å²) in [4.78, 5) is 2.59. The summed E-state index contributed by atoms with van der Waals surface area (Å²) in [5.74, 6) is 0.903. The van der Waals surface area contributed by atoms with Crippen molar-refractivity contribution in [1.82, 2.24) is 4.90 Å². The molecule has 2 nitrogen and oxygen atoms in total. The highest BCUT2D eigenvalue weighted by molar-refractivity contribution is 5.29. The first-order valence-electron chi connectivity index (χ1n) is 11.5. The minimum atomic E-state index is 0. The zero-order valence-electron chi connectivity index (χ0n) is 17.8. The van der Waals surface area contributed by atoms with Gasteiger partial charge in [-0.15, -0.1) is 0 Å². The second-order valence-electron chi connectivity index (χ2n) is 8.86. The van der Waals surface area contributed by atoms with Gasteiger partial charge in [-0.25, -0.2) is 4.57 Å². The third kappa shape index (κ3) is 6.69. The molecule has 1 fully saturated rings. The Morgan fingerprint density at radius 2 is 1.63 bits per heavy atom. The molecule has 2 unspecified atom stereocenters. The van der Waals surface area contributed by atoms with E-state index in [1.165, 1.54) is 96.6 Å². The summed E-state index contributed by atoms with van der Waals surface area (Å²) in [6.45, 7) is 4.78. The Morgan fingerprint density at radius 1 is 0.963 bits per heavy atom. The third-order valence-corrected chi connectivity index (χ3v) is 6.79. The van der Waals surface area contributed by atoms with Gasteiger partial charge < -0.3 is 24.0 Å². The highest BCUT2D eigenvalue weighted by atomic mass is 127. The molecule has 2 atom stereocenters. The van der Waals surface area contributed by atoms with E-state index in [1.54, 1.807) is 11.1 Å². The number of fused-ring (bicyclic) bond motifs is 3. The first-order chi connectivity index (χ1) is 12.8. The minimum absolute atomic E-state index is 0. The number of hydrogen-bond acceptors (Lipinski definition) is 1. The van der Waals surface area contributed by atoms with E-state index in [1.807, 2.05) is 0 Å². The second-order valence-corrected chi connectivity index (χ2v) is 8.86. The molecule has 0 aromatic carbocycles. The van der Waals surface area contributed by atoms with Crippen LogP contribution >= 0.6 is 0 Å². The number of halogens is 1. The van der Waals surface area contributed by atoms with E-state index in [9.17, 15) is 0 Å². The summed E-state index contributed by atoms with van der Waals surface area (Å²) in [5.41, 5.74) is 3.25. The predicted molar refractivity (Wildman–Crippen MR) is 110 cm³/mol. The number of hydrogen-bond donors (Lipinski definition) is 0. The quantitative estimate of drug-likeness (QED) is 0.266. The monoisotopic (exact) mass is 484 g/mol. The molecular weight excluding hydrogens is 443 g/mol. The molecule has 154 valence electrons. The van der Waals surface area contributed by atoms with Crippen LogP contribution in [0, 0.1) is 5.92 Å². The SMILES string of the molecule is CCCCCCCCCCCC[n+]1ccc2c(c1)C1C(CC2)CCN1C.[I-].